The normalized spacial score (nSPS) is 18.2. The summed E-state index contributed by atoms with van der Waals surface area (Å²) >= 11 is 0. The highest BCUT2D eigenvalue weighted by Crippen LogP contribution is 2.28. The zero-order valence-electron chi connectivity index (χ0n) is 25.0. The van der Waals surface area contributed by atoms with Crippen molar-refractivity contribution in [2.45, 2.75) is 85.3 Å². The van der Waals surface area contributed by atoms with Crippen molar-refractivity contribution >= 4 is 23.8 Å². The first-order valence-electron chi connectivity index (χ1n) is 13.7. The maximum atomic E-state index is 14.1. The van der Waals surface area contributed by atoms with Crippen LogP contribution in [0.5, 0.6) is 0 Å². The average Bonchev–Trinajstić information content (AvgIpc) is 2.82. The highest BCUT2D eigenvalue weighted by atomic mass is 16.6. The molecule has 2 atom stereocenters. The molecule has 0 aromatic carbocycles. The number of rotatable bonds is 10. The highest BCUT2D eigenvalue weighted by molar-refractivity contribution is 5.98. The number of carboxylic acids is 1. The van der Waals surface area contributed by atoms with Gasteiger partial charge in [-0.2, -0.15) is 0 Å². The molecule has 1 saturated heterocycles. The molecule has 1 aromatic heterocycles. The summed E-state index contributed by atoms with van der Waals surface area (Å²) < 4.78 is 10.7. The van der Waals surface area contributed by atoms with E-state index in [4.69, 9.17) is 14.5 Å². The summed E-state index contributed by atoms with van der Waals surface area (Å²) in [5.74, 6) is -1.02. The van der Waals surface area contributed by atoms with Gasteiger partial charge >= 0.3 is 12.1 Å². The lowest BCUT2D eigenvalue weighted by atomic mass is 9.92. The Hall–Kier alpha value is -2.95. The molecular formula is C28H47N5O6. The van der Waals surface area contributed by atoms with Gasteiger partial charge in [0.2, 0.25) is 0 Å². The minimum Gasteiger partial charge on any atom is -0.481 e. The molecule has 2 amide bonds. The predicted octanol–water partition coefficient (Wildman–Crippen LogP) is 4.03. The SMILES string of the molecule is COCCCNc1nc(C(C)(C)C)ncc1C(=O)N(CC(C)C)[C@H]1C[C@@H](C(=O)O)CN(C(=O)OC(C)(C)C)C1. The van der Waals surface area contributed by atoms with Crippen LogP contribution < -0.4 is 5.32 Å². The maximum absolute atomic E-state index is 14.1. The molecule has 2 N–H and O–H groups in total. The fourth-order valence-electron chi connectivity index (χ4n) is 4.36. The molecule has 2 rings (SSSR count). The van der Waals surface area contributed by atoms with Gasteiger partial charge in [0.15, 0.2) is 0 Å². The molecule has 220 valence electrons. The van der Waals surface area contributed by atoms with Crippen LogP contribution >= 0.6 is 0 Å². The van der Waals surface area contributed by atoms with Crippen molar-refractivity contribution in [1.82, 2.24) is 19.8 Å². The molecule has 1 fully saturated rings. The number of piperidine rings is 1. The predicted molar refractivity (Wildman–Crippen MR) is 149 cm³/mol. The van der Waals surface area contributed by atoms with Crippen LogP contribution in [0.1, 0.15) is 84.4 Å². The molecule has 0 bridgehead atoms. The Labute approximate surface area is 232 Å². The van der Waals surface area contributed by atoms with Crippen molar-refractivity contribution in [3.05, 3.63) is 17.6 Å². The minimum atomic E-state index is -1.01. The fourth-order valence-corrected chi connectivity index (χ4v) is 4.36. The number of amides is 2. The lowest BCUT2D eigenvalue weighted by Crippen LogP contribution is -2.56. The van der Waals surface area contributed by atoms with Crippen LogP contribution in [0.2, 0.25) is 0 Å². The third-order valence-electron chi connectivity index (χ3n) is 6.20. The molecule has 0 aliphatic carbocycles. The smallest absolute Gasteiger partial charge is 0.410 e. The number of methoxy groups -OCH3 is 1. The molecule has 11 heteroatoms. The summed E-state index contributed by atoms with van der Waals surface area (Å²) in [6.07, 6.45) is 1.91. The fraction of sp³-hybridized carbons (Fsp3) is 0.750. The quantitative estimate of drug-likeness (QED) is 0.415. The number of carboxylic acid groups (broad SMARTS) is 1. The van der Waals surface area contributed by atoms with Crippen molar-refractivity contribution in [3.63, 3.8) is 0 Å². The van der Waals surface area contributed by atoms with Crippen molar-refractivity contribution in [2.24, 2.45) is 11.8 Å². The number of ether oxygens (including phenoxy) is 2. The number of nitrogens with one attached hydrogen (secondary N) is 1. The van der Waals surface area contributed by atoms with E-state index in [2.05, 4.69) is 10.3 Å². The third kappa shape index (κ3) is 9.63. The van der Waals surface area contributed by atoms with Crippen molar-refractivity contribution in [2.75, 3.05) is 45.2 Å². The van der Waals surface area contributed by atoms with E-state index in [9.17, 15) is 19.5 Å². The van der Waals surface area contributed by atoms with E-state index in [0.717, 1.165) is 6.42 Å². The van der Waals surface area contributed by atoms with Gasteiger partial charge in [0.1, 0.15) is 22.8 Å². The Morgan fingerprint density at radius 2 is 1.85 bits per heavy atom. The van der Waals surface area contributed by atoms with Crippen LogP contribution in [0.4, 0.5) is 10.6 Å². The first kappa shape index (κ1) is 32.3. The topological polar surface area (TPSA) is 134 Å². The zero-order chi connectivity index (χ0) is 29.5. The molecule has 2 heterocycles. The van der Waals surface area contributed by atoms with Gasteiger partial charge in [-0.05, 0) is 39.5 Å². The average molecular weight is 550 g/mol. The van der Waals surface area contributed by atoms with Crippen LogP contribution in [-0.2, 0) is 19.7 Å². The number of hydrogen-bond donors (Lipinski definition) is 2. The van der Waals surface area contributed by atoms with E-state index < -0.39 is 29.6 Å². The van der Waals surface area contributed by atoms with E-state index >= 15 is 0 Å². The van der Waals surface area contributed by atoms with Gasteiger partial charge in [-0.1, -0.05) is 34.6 Å². The number of aliphatic carboxylic acids is 1. The number of carbonyl (C=O) groups excluding carboxylic acids is 2. The number of aromatic nitrogens is 2. The third-order valence-corrected chi connectivity index (χ3v) is 6.20. The molecule has 1 aliphatic rings. The highest BCUT2D eigenvalue weighted by Gasteiger charge is 2.40. The van der Waals surface area contributed by atoms with Crippen LogP contribution in [0.15, 0.2) is 6.20 Å². The van der Waals surface area contributed by atoms with Gasteiger partial charge < -0.3 is 29.7 Å². The number of carbonyl (C=O) groups is 3. The molecule has 11 nitrogen and oxygen atoms in total. The Bertz CT molecular complexity index is 1000. The maximum Gasteiger partial charge on any atom is 0.410 e. The van der Waals surface area contributed by atoms with E-state index in [1.54, 1.807) is 39.0 Å². The summed E-state index contributed by atoms with van der Waals surface area (Å²) in [6.45, 7) is 17.0. The van der Waals surface area contributed by atoms with Crippen molar-refractivity contribution < 1.29 is 29.0 Å². The summed E-state index contributed by atoms with van der Waals surface area (Å²) in [7, 11) is 1.64. The number of anilines is 1. The van der Waals surface area contributed by atoms with Crippen LogP contribution in [0, 0.1) is 11.8 Å². The van der Waals surface area contributed by atoms with E-state index in [-0.39, 0.29) is 36.8 Å². The van der Waals surface area contributed by atoms with Gasteiger partial charge in [0, 0.05) is 51.5 Å². The lowest BCUT2D eigenvalue weighted by molar-refractivity contribution is -0.144. The molecule has 39 heavy (non-hydrogen) atoms. The largest absolute Gasteiger partial charge is 0.481 e. The molecular weight excluding hydrogens is 502 g/mol. The van der Waals surface area contributed by atoms with Gasteiger partial charge in [0.05, 0.1) is 12.0 Å². The second-order valence-corrected chi connectivity index (χ2v) is 12.6. The van der Waals surface area contributed by atoms with Gasteiger partial charge in [-0.25, -0.2) is 14.8 Å². The van der Waals surface area contributed by atoms with Gasteiger partial charge in [0.25, 0.3) is 5.91 Å². The van der Waals surface area contributed by atoms with E-state index in [1.807, 2.05) is 34.6 Å². The number of nitrogens with zero attached hydrogens (tertiary/aromatic N) is 4. The van der Waals surface area contributed by atoms with Gasteiger partial charge in [-0.3, -0.25) is 9.59 Å². The van der Waals surface area contributed by atoms with E-state index in [0.29, 0.717) is 36.9 Å². The zero-order valence-corrected chi connectivity index (χ0v) is 25.0. The number of likely N-dealkylation sites (tertiary alicyclic amines) is 1. The lowest BCUT2D eigenvalue weighted by Gasteiger charge is -2.42. The van der Waals surface area contributed by atoms with Crippen molar-refractivity contribution in [1.29, 1.82) is 0 Å². The standard InChI is InChI=1S/C28H47N5O6/c1-18(2)15-33(20-13-19(24(35)36)16-32(17-20)26(37)39-28(6,7)8)23(34)21-14-30-25(27(3,4)5)31-22(21)29-11-10-12-38-9/h14,18-20H,10-13,15-17H2,1-9H3,(H,35,36)(H,29,30,31)/t19-,20+/m1/s1. The monoisotopic (exact) mass is 549 g/mol. The Morgan fingerprint density at radius 3 is 2.38 bits per heavy atom. The van der Waals surface area contributed by atoms with Crippen LogP contribution in [0.25, 0.3) is 0 Å². The molecule has 0 radical (unpaired) electrons. The summed E-state index contributed by atoms with van der Waals surface area (Å²) in [5.41, 5.74) is -0.748. The van der Waals surface area contributed by atoms with Crippen molar-refractivity contribution in [3.8, 4) is 0 Å². The van der Waals surface area contributed by atoms with E-state index in [1.165, 1.54) is 4.90 Å². The van der Waals surface area contributed by atoms with Crippen LogP contribution in [-0.4, -0.2) is 94.4 Å². The molecule has 1 aliphatic heterocycles. The molecule has 1 aromatic rings. The number of hydrogen-bond acceptors (Lipinski definition) is 8. The molecule has 0 unspecified atom stereocenters. The van der Waals surface area contributed by atoms with Crippen LogP contribution in [0.3, 0.4) is 0 Å². The first-order chi connectivity index (χ1) is 18.0. The Balaban J connectivity index is 2.47. The second-order valence-electron chi connectivity index (χ2n) is 12.6. The summed E-state index contributed by atoms with van der Waals surface area (Å²) in [4.78, 5) is 51.4. The molecule has 0 saturated carbocycles. The minimum absolute atomic E-state index is 0.0279. The second kappa shape index (κ2) is 13.4. The first-order valence-corrected chi connectivity index (χ1v) is 13.7. The Morgan fingerprint density at radius 1 is 1.18 bits per heavy atom. The molecule has 0 spiro atoms. The summed E-state index contributed by atoms with van der Waals surface area (Å²) in [5, 5.41) is 13.2. The van der Waals surface area contributed by atoms with Gasteiger partial charge in [-0.15, -0.1) is 0 Å². The Kier molecular flexibility index (Phi) is 11.1. The summed E-state index contributed by atoms with van der Waals surface area (Å²) in [6, 6.07) is -0.522.